The zero-order valence-electron chi connectivity index (χ0n) is 16.4. The van der Waals surface area contributed by atoms with Gasteiger partial charge in [0.2, 0.25) is 0 Å². The molecule has 0 saturated heterocycles. The first-order chi connectivity index (χ1) is 14.9. The monoisotopic (exact) mass is 447 g/mol. The molecule has 0 atom stereocenters. The Morgan fingerprint density at radius 1 is 1.03 bits per heavy atom. The van der Waals surface area contributed by atoms with Crippen molar-refractivity contribution in [3.8, 4) is 23.0 Å². The van der Waals surface area contributed by atoms with Crippen molar-refractivity contribution in [2.75, 3.05) is 19.5 Å². The van der Waals surface area contributed by atoms with Crippen molar-refractivity contribution in [3.63, 3.8) is 0 Å². The lowest BCUT2D eigenvalue weighted by Crippen LogP contribution is -2.04. The molecule has 0 spiro atoms. The fourth-order valence-corrected chi connectivity index (χ4v) is 3.80. The summed E-state index contributed by atoms with van der Waals surface area (Å²) in [5.74, 6) is 1.58. The molecule has 0 aliphatic heterocycles. The van der Waals surface area contributed by atoms with Crippen molar-refractivity contribution >= 4 is 27.4 Å². The topological polar surface area (TPSA) is 82.0 Å². The largest absolute Gasteiger partial charge is 0.493 e. The van der Waals surface area contributed by atoms with E-state index in [-0.39, 0.29) is 21.9 Å². The van der Waals surface area contributed by atoms with E-state index in [1.807, 2.05) is 6.07 Å². The minimum absolute atomic E-state index is 0.186. The zero-order valence-corrected chi connectivity index (χ0v) is 17.2. The number of anilines is 1. The van der Waals surface area contributed by atoms with Gasteiger partial charge in [-0.3, -0.25) is 4.98 Å². The van der Waals surface area contributed by atoms with Crippen LogP contribution in [0.3, 0.4) is 0 Å². The number of halogens is 3. The predicted octanol–water partition coefficient (Wildman–Crippen LogP) is 4.80. The van der Waals surface area contributed by atoms with Gasteiger partial charge in [0, 0.05) is 18.9 Å². The van der Waals surface area contributed by atoms with Gasteiger partial charge in [-0.05, 0) is 23.8 Å². The van der Waals surface area contributed by atoms with Gasteiger partial charge in [0.05, 0.1) is 25.8 Å². The molecule has 0 radical (unpaired) electrons. The Labute approximate surface area is 178 Å². The fourth-order valence-electron chi connectivity index (χ4n) is 2.90. The van der Waals surface area contributed by atoms with Crippen LogP contribution in [0.2, 0.25) is 0 Å². The van der Waals surface area contributed by atoms with Gasteiger partial charge in [-0.2, -0.15) is 13.2 Å². The van der Waals surface area contributed by atoms with Crippen molar-refractivity contribution < 1.29 is 22.6 Å². The molecule has 0 aliphatic carbocycles. The molecule has 3 heterocycles. The van der Waals surface area contributed by atoms with Crippen LogP contribution in [0, 0.1) is 0 Å². The van der Waals surface area contributed by atoms with Crippen molar-refractivity contribution in [2.45, 2.75) is 12.7 Å². The van der Waals surface area contributed by atoms with Crippen LogP contribution in [0.25, 0.3) is 21.7 Å². The molecule has 160 valence electrons. The molecule has 0 aliphatic rings. The van der Waals surface area contributed by atoms with Crippen LogP contribution in [0.4, 0.5) is 19.0 Å². The third kappa shape index (κ3) is 4.36. The smallest absolute Gasteiger partial charge is 0.425 e. The van der Waals surface area contributed by atoms with Crippen molar-refractivity contribution in [2.24, 2.45) is 0 Å². The van der Waals surface area contributed by atoms with Gasteiger partial charge in [-0.25, -0.2) is 15.0 Å². The molecule has 7 nitrogen and oxygen atoms in total. The average molecular weight is 447 g/mol. The highest BCUT2D eigenvalue weighted by atomic mass is 32.1. The molecule has 3 aromatic heterocycles. The third-order valence-corrected chi connectivity index (χ3v) is 5.45. The Kier molecular flexibility index (Phi) is 5.59. The molecular weight excluding hydrogens is 431 g/mol. The summed E-state index contributed by atoms with van der Waals surface area (Å²) in [5.41, 5.74) is 1.19. The van der Waals surface area contributed by atoms with Crippen LogP contribution in [-0.2, 0) is 12.7 Å². The molecule has 4 aromatic rings. The lowest BCUT2D eigenvalue weighted by Gasteiger charge is -2.11. The summed E-state index contributed by atoms with van der Waals surface area (Å²) in [6.07, 6.45) is -0.0589. The van der Waals surface area contributed by atoms with E-state index in [0.29, 0.717) is 35.1 Å². The average Bonchev–Trinajstić information content (AvgIpc) is 3.23. The molecule has 0 unspecified atom stereocenters. The van der Waals surface area contributed by atoms with Crippen molar-refractivity contribution in [1.82, 2.24) is 19.9 Å². The lowest BCUT2D eigenvalue weighted by atomic mass is 10.2. The van der Waals surface area contributed by atoms with Crippen LogP contribution < -0.4 is 14.8 Å². The van der Waals surface area contributed by atoms with E-state index in [2.05, 4.69) is 25.3 Å². The van der Waals surface area contributed by atoms with Crippen LogP contribution in [0.15, 0.2) is 42.9 Å². The normalized spacial score (nSPS) is 11.5. The number of aromatic nitrogens is 4. The number of fused-ring (bicyclic) bond motifs is 1. The summed E-state index contributed by atoms with van der Waals surface area (Å²) in [6, 6.07) is 6.41. The third-order valence-electron chi connectivity index (χ3n) is 4.37. The number of hydrogen-bond acceptors (Lipinski definition) is 8. The molecule has 0 saturated carbocycles. The first-order valence-electron chi connectivity index (χ1n) is 8.99. The van der Waals surface area contributed by atoms with Crippen LogP contribution in [0.5, 0.6) is 11.5 Å². The first kappa shape index (κ1) is 20.8. The predicted molar refractivity (Wildman–Crippen MR) is 110 cm³/mol. The van der Waals surface area contributed by atoms with E-state index in [9.17, 15) is 13.2 Å². The van der Waals surface area contributed by atoms with Gasteiger partial charge in [-0.15, -0.1) is 11.3 Å². The lowest BCUT2D eigenvalue weighted by molar-refractivity contribution is -0.134. The number of hydrogen-bond donors (Lipinski definition) is 1. The standard InChI is InChI=1S/C20H16F3N5O2S/c1-29-14-4-3-11(7-15(14)30-2)9-26-17-12-8-16(20(21,22)23)31-19(12)28-18(27-17)13-10-24-5-6-25-13/h3-8,10H,9H2,1-2H3,(H,26,27,28). The van der Waals surface area contributed by atoms with E-state index < -0.39 is 11.1 Å². The van der Waals surface area contributed by atoms with Crippen LogP contribution >= 0.6 is 11.3 Å². The maximum absolute atomic E-state index is 13.3. The fraction of sp³-hybridized carbons (Fsp3) is 0.200. The minimum atomic E-state index is -4.47. The van der Waals surface area contributed by atoms with E-state index in [1.165, 1.54) is 32.8 Å². The van der Waals surface area contributed by atoms with Gasteiger partial charge >= 0.3 is 6.18 Å². The number of benzene rings is 1. The Balaban J connectivity index is 1.73. The van der Waals surface area contributed by atoms with Gasteiger partial charge < -0.3 is 14.8 Å². The summed E-state index contributed by atoms with van der Waals surface area (Å²) in [5, 5.41) is 3.39. The highest BCUT2D eigenvalue weighted by Crippen LogP contribution is 2.40. The highest BCUT2D eigenvalue weighted by molar-refractivity contribution is 7.18. The molecule has 1 aromatic carbocycles. The zero-order chi connectivity index (χ0) is 22.0. The number of nitrogens with one attached hydrogen (secondary N) is 1. The summed E-state index contributed by atoms with van der Waals surface area (Å²) >= 11 is 0.559. The Morgan fingerprint density at radius 2 is 1.84 bits per heavy atom. The van der Waals surface area contributed by atoms with Crippen LogP contribution in [0.1, 0.15) is 10.4 Å². The number of rotatable bonds is 6. The molecule has 11 heteroatoms. The van der Waals surface area contributed by atoms with E-state index in [1.54, 1.807) is 12.1 Å². The molecule has 0 amide bonds. The van der Waals surface area contributed by atoms with Gasteiger partial charge in [-0.1, -0.05) is 6.07 Å². The van der Waals surface area contributed by atoms with E-state index in [4.69, 9.17) is 9.47 Å². The first-order valence-corrected chi connectivity index (χ1v) is 9.80. The Hall–Kier alpha value is -3.47. The van der Waals surface area contributed by atoms with Gasteiger partial charge in [0.1, 0.15) is 21.2 Å². The molecule has 0 fully saturated rings. The summed E-state index contributed by atoms with van der Waals surface area (Å²) in [4.78, 5) is 16.3. The maximum Gasteiger partial charge on any atom is 0.425 e. The number of methoxy groups -OCH3 is 2. The Bertz CT molecular complexity index is 1210. The molecule has 1 N–H and O–H groups in total. The van der Waals surface area contributed by atoms with Crippen LogP contribution in [-0.4, -0.2) is 34.2 Å². The number of ether oxygens (including phenoxy) is 2. The molecule has 4 rings (SSSR count). The highest BCUT2D eigenvalue weighted by Gasteiger charge is 2.33. The molecule has 0 bridgehead atoms. The maximum atomic E-state index is 13.3. The van der Waals surface area contributed by atoms with E-state index in [0.717, 1.165) is 11.6 Å². The molecule has 31 heavy (non-hydrogen) atoms. The quantitative estimate of drug-likeness (QED) is 0.455. The van der Waals surface area contributed by atoms with Gasteiger partial charge in [0.25, 0.3) is 0 Å². The Morgan fingerprint density at radius 3 is 2.52 bits per heavy atom. The van der Waals surface area contributed by atoms with E-state index >= 15 is 0 Å². The second-order valence-corrected chi connectivity index (χ2v) is 7.39. The van der Waals surface area contributed by atoms with Crippen molar-refractivity contribution in [1.29, 1.82) is 0 Å². The van der Waals surface area contributed by atoms with Gasteiger partial charge in [0.15, 0.2) is 17.3 Å². The number of alkyl halides is 3. The molecular formula is C20H16F3N5O2S. The summed E-state index contributed by atoms with van der Waals surface area (Å²) < 4.78 is 50.4. The number of nitrogens with zero attached hydrogens (tertiary/aromatic N) is 4. The number of thiophene rings is 1. The van der Waals surface area contributed by atoms with Crippen molar-refractivity contribution in [3.05, 3.63) is 53.3 Å². The summed E-state index contributed by atoms with van der Waals surface area (Å²) in [7, 11) is 3.07. The second-order valence-electron chi connectivity index (χ2n) is 6.36. The summed E-state index contributed by atoms with van der Waals surface area (Å²) in [6.45, 7) is 0.295. The second kappa shape index (κ2) is 8.34. The minimum Gasteiger partial charge on any atom is -0.493 e. The SMILES string of the molecule is COc1ccc(CNc2nc(-c3cnccn3)nc3sc(C(F)(F)F)cc23)cc1OC.